The van der Waals surface area contributed by atoms with Crippen molar-refractivity contribution in [2.75, 3.05) is 0 Å². The van der Waals surface area contributed by atoms with Gasteiger partial charge in [-0.25, -0.2) is 0 Å². The summed E-state index contributed by atoms with van der Waals surface area (Å²) in [4.78, 5) is 4.35. The molecular formula is C15H12IN. The minimum Gasteiger partial charge on any atom is -0.257 e. The van der Waals surface area contributed by atoms with Crippen LogP contribution in [0.5, 0.6) is 0 Å². The zero-order valence-corrected chi connectivity index (χ0v) is 11.4. The Kier molecular flexibility index (Phi) is 4.50. The highest BCUT2D eigenvalue weighted by Crippen LogP contribution is 2.13. The first-order valence-corrected chi connectivity index (χ1v) is 6.44. The van der Waals surface area contributed by atoms with Crippen LogP contribution in [0.15, 0.2) is 65.7 Å². The number of allylic oxidation sites excluding steroid dienone is 1. The summed E-state index contributed by atoms with van der Waals surface area (Å²) in [6.07, 6.45) is 5.80. The molecule has 1 nitrogen and oxygen atoms in total. The number of nitrogens with zero attached hydrogens (tertiary/aromatic N) is 1. The van der Waals surface area contributed by atoms with Gasteiger partial charge >= 0.3 is 0 Å². The maximum Gasteiger partial charge on any atom is 0.0630 e. The van der Waals surface area contributed by atoms with Gasteiger partial charge < -0.3 is 0 Å². The monoisotopic (exact) mass is 333 g/mol. The quantitative estimate of drug-likeness (QED) is 0.570. The number of halogens is 1. The summed E-state index contributed by atoms with van der Waals surface area (Å²) in [5.41, 5.74) is 2.16. The summed E-state index contributed by atoms with van der Waals surface area (Å²) in [5, 5.41) is 0. The molecule has 84 valence electrons. The molecule has 0 fully saturated rings. The van der Waals surface area contributed by atoms with Crippen LogP contribution >= 0.6 is 22.6 Å². The maximum atomic E-state index is 4.35. The van der Waals surface area contributed by atoms with E-state index < -0.39 is 0 Å². The Morgan fingerprint density at radius 3 is 2.29 bits per heavy atom. The molecule has 0 saturated heterocycles. The molecule has 0 N–H and O–H groups in total. The van der Waals surface area contributed by atoms with Crippen molar-refractivity contribution in [1.29, 1.82) is 0 Å². The highest BCUT2D eigenvalue weighted by molar-refractivity contribution is 14.1. The molecule has 2 aromatic rings. The Bertz CT molecular complexity index is 512. The normalized spacial score (nSPS) is 11.4. The van der Waals surface area contributed by atoms with E-state index >= 15 is 0 Å². The second-order valence-electron chi connectivity index (χ2n) is 3.52. The van der Waals surface area contributed by atoms with Crippen LogP contribution in [-0.4, -0.2) is 6.21 Å². The van der Waals surface area contributed by atoms with Crippen molar-refractivity contribution in [2.45, 2.75) is 0 Å². The third-order valence-corrected chi connectivity index (χ3v) is 2.94. The van der Waals surface area contributed by atoms with Crippen molar-refractivity contribution in [2.24, 2.45) is 4.99 Å². The Hall–Kier alpha value is -1.42. The Morgan fingerprint density at radius 2 is 1.59 bits per heavy atom. The zero-order valence-electron chi connectivity index (χ0n) is 9.25. The number of hydrogen-bond donors (Lipinski definition) is 0. The van der Waals surface area contributed by atoms with Gasteiger partial charge in [0.05, 0.1) is 5.69 Å². The molecule has 0 atom stereocenters. The second kappa shape index (κ2) is 6.35. The first kappa shape index (κ1) is 12.0. The minimum atomic E-state index is 0.975. The number of rotatable bonds is 3. The van der Waals surface area contributed by atoms with Gasteiger partial charge in [-0.15, -0.1) is 0 Å². The smallest absolute Gasteiger partial charge is 0.0630 e. The van der Waals surface area contributed by atoms with Crippen LogP contribution in [0.1, 0.15) is 5.56 Å². The molecular weight excluding hydrogens is 321 g/mol. The fourth-order valence-corrected chi connectivity index (χ4v) is 1.73. The fraction of sp³-hybridized carbons (Fsp3) is 0. The molecule has 0 spiro atoms. The zero-order chi connectivity index (χ0) is 11.9. The average Bonchev–Trinajstić information content (AvgIpc) is 2.38. The standard InChI is InChI=1S/C15H12IN/c16-14-8-10-15(11-9-14)17-12-4-7-13-5-2-1-3-6-13/h1-12H. The Labute approximate surface area is 115 Å². The molecule has 0 aromatic heterocycles. The lowest BCUT2D eigenvalue weighted by Crippen LogP contribution is -1.71. The first-order valence-electron chi connectivity index (χ1n) is 5.36. The van der Waals surface area contributed by atoms with Gasteiger partial charge in [-0.2, -0.15) is 0 Å². The van der Waals surface area contributed by atoms with Gasteiger partial charge in [-0.3, -0.25) is 4.99 Å². The Balaban J connectivity index is 1.98. The molecule has 0 aliphatic heterocycles. The lowest BCUT2D eigenvalue weighted by molar-refractivity contribution is 1.52. The summed E-state index contributed by atoms with van der Waals surface area (Å²) in [6.45, 7) is 0. The van der Waals surface area contributed by atoms with Crippen molar-refractivity contribution >= 4 is 40.6 Å². The largest absolute Gasteiger partial charge is 0.257 e. The van der Waals surface area contributed by atoms with Crippen molar-refractivity contribution in [1.82, 2.24) is 0 Å². The molecule has 0 aliphatic carbocycles. The molecule has 0 radical (unpaired) electrons. The van der Waals surface area contributed by atoms with E-state index in [1.54, 1.807) is 0 Å². The van der Waals surface area contributed by atoms with Crippen LogP contribution in [0.3, 0.4) is 0 Å². The van der Waals surface area contributed by atoms with Crippen molar-refractivity contribution in [3.8, 4) is 0 Å². The van der Waals surface area contributed by atoms with Crippen LogP contribution in [0.25, 0.3) is 6.08 Å². The molecule has 2 aromatic carbocycles. The third-order valence-electron chi connectivity index (χ3n) is 2.22. The molecule has 0 aliphatic rings. The van der Waals surface area contributed by atoms with Gasteiger partial charge in [-0.05, 0) is 58.5 Å². The van der Waals surface area contributed by atoms with E-state index in [-0.39, 0.29) is 0 Å². The molecule has 2 heteroatoms. The van der Waals surface area contributed by atoms with E-state index in [1.807, 2.05) is 60.8 Å². The summed E-state index contributed by atoms with van der Waals surface area (Å²) in [7, 11) is 0. The lowest BCUT2D eigenvalue weighted by atomic mass is 10.2. The first-order chi connectivity index (χ1) is 8.34. The van der Waals surface area contributed by atoms with Gasteiger partial charge in [0.15, 0.2) is 0 Å². The number of hydrogen-bond acceptors (Lipinski definition) is 1. The van der Waals surface area contributed by atoms with Gasteiger partial charge in [0.2, 0.25) is 0 Å². The van der Waals surface area contributed by atoms with E-state index in [0.717, 1.165) is 5.69 Å². The topological polar surface area (TPSA) is 12.4 Å². The summed E-state index contributed by atoms with van der Waals surface area (Å²) in [5.74, 6) is 0. The van der Waals surface area contributed by atoms with E-state index in [0.29, 0.717) is 0 Å². The minimum absolute atomic E-state index is 0.975. The van der Waals surface area contributed by atoms with E-state index in [2.05, 4.69) is 39.7 Å². The number of aliphatic imine (C=N–C) groups is 1. The Morgan fingerprint density at radius 1 is 0.882 bits per heavy atom. The summed E-state index contributed by atoms with van der Waals surface area (Å²) < 4.78 is 1.22. The van der Waals surface area contributed by atoms with E-state index in [1.165, 1.54) is 9.13 Å². The predicted molar refractivity (Wildman–Crippen MR) is 82.8 cm³/mol. The van der Waals surface area contributed by atoms with Crippen LogP contribution in [-0.2, 0) is 0 Å². The SMILES string of the molecule is Ic1ccc(N=CC=Cc2ccccc2)cc1. The molecule has 0 saturated carbocycles. The molecule has 0 bridgehead atoms. The second-order valence-corrected chi connectivity index (χ2v) is 4.77. The van der Waals surface area contributed by atoms with Crippen molar-refractivity contribution < 1.29 is 0 Å². The summed E-state index contributed by atoms with van der Waals surface area (Å²) >= 11 is 2.28. The van der Waals surface area contributed by atoms with Gasteiger partial charge in [0, 0.05) is 9.78 Å². The maximum absolute atomic E-state index is 4.35. The van der Waals surface area contributed by atoms with Gasteiger partial charge in [0.1, 0.15) is 0 Å². The lowest BCUT2D eigenvalue weighted by Gasteiger charge is -1.92. The van der Waals surface area contributed by atoms with Crippen LogP contribution < -0.4 is 0 Å². The molecule has 0 unspecified atom stereocenters. The van der Waals surface area contributed by atoms with Crippen molar-refractivity contribution in [3.63, 3.8) is 0 Å². The predicted octanol–water partition coefficient (Wildman–Crippen LogP) is 4.71. The molecule has 2 rings (SSSR count). The van der Waals surface area contributed by atoms with Gasteiger partial charge in [0.25, 0.3) is 0 Å². The fourth-order valence-electron chi connectivity index (χ4n) is 1.37. The number of benzene rings is 2. The van der Waals surface area contributed by atoms with Crippen LogP contribution in [0.2, 0.25) is 0 Å². The summed E-state index contributed by atoms with van der Waals surface area (Å²) in [6, 6.07) is 18.3. The highest BCUT2D eigenvalue weighted by Gasteiger charge is 1.86. The van der Waals surface area contributed by atoms with E-state index in [4.69, 9.17) is 0 Å². The molecule has 0 amide bonds. The third kappa shape index (κ3) is 4.15. The van der Waals surface area contributed by atoms with Crippen LogP contribution in [0.4, 0.5) is 5.69 Å². The van der Waals surface area contributed by atoms with Crippen LogP contribution in [0, 0.1) is 3.57 Å². The average molecular weight is 333 g/mol. The molecule has 17 heavy (non-hydrogen) atoms. The highest BCUT2D eigenvalue weighted by atomic mass is 127. The van der Waals surface area contributed by atoms with E-state index in [9.17, 15) is 0 Å². The molecule has 0 heterocycles. The van der Waals surface area contributed by atoms with Gasteiger partial charge in [-0.1, -0.05) is 36.4 Å². The van der Waals surface area contributed by atoms with Crippen molar-refractivity contribution in [3.05, 3.63) is 69.8 Å².